The summed E-state index contributed by atoms with van der Waals surface area (Å²) in [4.78, 5) is 0. The Labute approximate surface area is 107 Å². The van der Waals surface area contributed by atoms with Gasteiger partial charge in [-0.15, -0.1) is 0 Å². The van der Waals surface area contributed by atoms with Gasteiger partial charge in [0.2, 0.25) is 0 Å². The van der Waals surface area contributed by atoms with Crippen LogP contribution in [0.25, 0.3) is 0 Å². The van der Waals surface area contributed by atoms with Crippen LogP contribution in [0.5, 0.6) is 0 Å². The highest BCUT2D eigenvalue weighted by Crippen LogP contribution is 2.31. The van der Waals surface area contributed by atoms with Gasteiger partial charge in [0.25, 0.3) is 0 Å². The van der Waals surface area contributed by atoms with E-state index in [1.54, 1.807) is 6.07 Å². The zero-order chi connectivity index (χ0) is 10.8. The van der Waals surface area contributed by atoms with Crippen molar-refractivity contribution in [1.82, 2.24) is 3.53 Å². The average molecular weight is 427 g/mol. The molecule has 1 N–H and O–H groups in total. The van der Waals surface area contributed by atoms with Crippen LogP contribution >= 0.6 is 45.5 Å². The van der Waals surface area contributed by atoms with Crippen LogP contribution < -0.4 is 3.53 Å². The zero-order valence-electron chi connectivity index (χ0n) is 6.83. The first kappa shape index (κ1) is 12.5. The van der Waals surface area contributed by atoms with E-state index in [0.717, 1.165) is 12.1 Å². The molecule has 0 heterocycles. The summed E-state index contributed by atoms with van der Waals surface area (Å²) in [6, 6.07) is 4.02. The van der Waals surface area contributed by atoms with Crippen LogP contribution in [0, 0.1) is 3.57 Å². The predicted octanol–water partition coefficient (Wildman–Crippen LogP) is 3.75. The minimum atomic E-state index is -4.26. The van der Waals surface area contributed by atoms with Crippen molar-refractivity contribution >= 4 is 45.5 Å². The molecule has 0 aliphatic carbocycles. The normalized spacial score (nSPS) is 11.8. The van der Waals surface area contributed by atoms with E-state index in [2.05, 4.69) is 3.53 Å². The molecule has 0 radical (unpaired) electrons. The molecule has 0 spiro atoms. The molecule has 78 valence electrons. The van der Waals surface area contributed by atoms with Crippen molar-refractivity contribution in [2.24, 2.45) is 0 Å². The van der Waals surface area contributed by atoms with E-state index in [1.807, 2.05) is 45.5 Å². The van der Waals surface area contributed by atoms with Crippen molar-refractivity contribution in [2.45, 2.75) is 12.7 Å². The van der Waals surface area contributed by atoms with Gasteiger partial charge < -0.3 is 0 Å². The van der Waals surface area contributed by atoms with Crippen molar-refractivity contribution in [3.05, 3.63) is 32.9 Å². The maximum atomic E-state index is 12.4. The van der Waals surface area contributed by atoms with Crippen LogP contribution in [0.15, 0.2) is 18.2 Å². The highest BCUT2D eigenvalue weighted by Gasteiger charge is 2.30. The van der Waals surface area contributed by atoms with E-state index < -0.39 is 11.7 Å². The molecular formula is C8H6F3I2N. The number of rotatable bonds is 2. The number of alkyl halides is 3. The summed E-state index contributed by atoms with van der Waals surface area (Å²) in [5.41, 5.74) is 0.0460. The Kier molecular flexibility index (Phi) is 4.44. The fraction of sp³-hybridized carbons (Fsp3) is 0.250. The van der Waals surface area contributed by atoms with Gasteiger partial charge in [-0.2, -0.15) is 13.2 Å². The predicted molar refractivity (Wildman–Crippen MR) is 65.0 cm³/mol. The van der Waals surface area contributed by atoms with Gasteiger partial charge >= 0.3 is 6.18 Å². The van der Waals surface area contributed by atoms with Gasteiger partial charge in [0, 0.05) is 33.0 Å². The van der Waals surface area contributed by atoms with Gasteiger partial charge in [0.05, 0.1) is 5.56 Å². The minimum Gasteiger partial charge on any atom is -0.257 e. The molecule has 0 saturated heterocycles. The monoisotopic (exact) mass is 427 g/mol. The molecule has 1 aromatic carbocycles. The van der Waals surface area contributed by atoms with E-state index in [9.17, 15) is 13.2 Å². The fourth-order valence-electron chi connectivity index (χ4n) is 0.993. The lowest BCUT2D eigenvalue weighted by Crippen LogP contribution is -2.07. The maximum Gasteiger partial charge on any atom is 0.416 e. The third-order valence-electron chi connectivity index (χ3n) is 1.56. The molecule has 0 aliphatic heterocycles. The van der Waals surface area contributed by atoms with E-state index in [0.29, 0.717) is 15.7 Å². The van der Waals surface area contributed by atoms with Crippen LogP contribution in [-0.2, 0) is 12.7 Å². The summed E-state index contributed by atoms with van der Waals surface area (Å²) in [5.74, 6) is 0. The number of benzene rings is 1. The highest BCUT2D eigenvalue weighted by molar-refractivity contribution is 14.1. The van der Waals surface area contributed by atoms with Crippen molar-refractivity contribution in [3.8, 4) is 0 Å². The Hall–Kier alpha value is 0.430. The molecule has 0 aliphatic rings. The summed E-state index contributed by atoms with van der Waals surface area (Å²) in [5, 5.41) is 0. The molecule has 0 unspecified atom stereocenters. The minimum absolute atomic E-state index is 0.431. The molecule has 1 rings (SSSR count). The van der Waals surface area contributed by atoms with Crippen LogP contribution in [0.4, 0.5) is 13.2 Å². The van der Waals surface area contributed by atoms with Gasteiger partial charge in [0.1, 0.15) is 0 Å². The fourth-order valence-corrected chi connectivity index (χ4v) is 2.17. The SMILES string of the molecule is FC(F)(F)c1cc(I)cc(CNI)c1. The number of nitrogens with one attached hydrogen (secondary N) is 1. The van der Waals surface area contributed by atoms with Crippen LogP contribution in [0.3, 0.4) is 0 Å². The van der Waals surface area contributed by atoms with Crippen molar-refractivity contribution in [3.63, 3.8) is 0 Å². The second kappa shape index (κ2) is 4.97. The summed E-state index contributed by atoms with van der Waals surface area (Å²) < 4.78 is 40.5. The summed E-state index contributed by atoms with van der Waals surface area (Å²) in [7, 11) is 0. The van der Waals surface area contributed by atoms with Crippen molar-refractivity contribution in [1.29, 1.82) is 0 Å². The smallest absolute Gasteiger partial charge is 0.257 e. The Morgan fingerprint density at radius 3 is 2.36 bits per heavy atom. The van der Waals surface area contributed by atoms with Crippen LogP contribution in [0.2, 0.25) is 0 Å². The van der Waals surface area contributed by atoms with Gasteiger partial charge in [-0.05, 0) is 46.4 Å². The van der Waals surface area contributed by atoms with E-state index in [4.69, 9.17) is 0 Å². The third kappa shape index (κ3) is 3.54. The zero-order valence-corrected chi connectivity index (χ0v) is 11.1. The van der Waals surface area contributed by atoms with E-state index >= 15 is 0 Å². The molecule has 6 heteroatoms. The Balaban J connectivity index is 3.07. The summed E-state index contributed by atoms with van der Waals surface area (Å²) >= 11 is 3.78. The van der Waals surface area contributed by atoms with Crippen LogP contribution in [-0.4, -0.2) is 0 Å². The molecule has 14 heavy (non-hydrogen) atoms. The van der Waals surface area contributed by atoms with Crippen molar-refractivity contribution < 1.29 is 13.2 Å². The molecule has 0 amide bonds. The van der Waals surface area contributed by atoms with Gasteiger partial charge in [0.15, 0.2) is 0 Å². The summed E-state index contributed by atoms with van der Waals surface area (Å²) in [6.45, 7) is 0.431. The standard InChI is InChI=1S/C8H6F3I2N/c9-8(10,11)6-1-5(4-14-13)2-7(12)3-6/h1-3,14H,4H2. The molecule has 0 atom stereocenters. The first-order valence-corrected chi connectivity index (χ1v) is 5.79. The van der Waals surface area contributed by atoms with E-state index in [-0.39, 0.29) is 0 Å². The lowest BCUT2D eigenvalue weighted by Gasteiger charge is -2.09. The first-order chi connectivity index (χ1) is 6.43. The second-order valence-corrected chi connectivity index (χ2v) is 4.66. The lowest BCUT2D eigenvalue weighted by molar-refractivity contribution is -0.137. The topological polar surface area (TPSA) is 12.0 Å². The molecule has 0 fully saturated rings. The highest BCUT2D eigenvalue weighted by atomic mass is 127. The Morgan fingerprint density at radius 2 is 1.86 bits per heavy atom. The van der Waals surface area contributed by atoms with Crippen molar-refractivity contribution in [2.75, 3.05) is 0 Å². The average Bonchev–Trinajstić information content (AvgIpc) is 2.02. The molecule has 0 aromatic heterocycles. The molecule has 1 aromatic rings. The quantitative estimate of drug-likeness (QED) is 0.561. The number of halogens is 5. The Morgan fingerprint density at radius 1 is 1.21 bits per heavy atom. The summed E-state index contributed by atoms with van der Waals surface area (Å²) in [6.07, 6.45) is -4.26. The number of hydrogen-bond acceptors (Lipinski definition) is 1. The van der Waals surface area contributed by atoms with Gasteiger partial charge in [-0.3, -0.25) is 3.53 Å². The number of hydrogen-bond donors (Lipinski definition) is 1. The Bertz CT molecular complexity index is 325. The third-order valence-corrected chi connectivity index (χ3v) is 2.56. The second-order valence-electron chi connectivity index (χ2n) is 2.66. The van der Waals surface area contributed by atoms with Gasteiger partial charge in [-0.1, -0.05) is 0 Å². The molecule has 0 saturated carbocycles. The largest absolute Gasteiger partial charge is 0.416 e. The van der Waals surface area contributed by atoms with E-state index in [1.165, 1.54) is 0 Å². The maximum absolute atomic E-state index is 12.4. The van der Waals surface area contributed by atoms with Crippen LogP contribution in [0.1, 0.15) is 11.1 Å². The first-order valence-electron chi connectivity index (χ1n) is 3.63. The molecule has 0 bridgehead atoms. The van der Waals surface area contributed by atoms with Gasteiger partial charge in [-0.25, -0.2) is 0 Å². The molecular weight excluding hydrogens is 421 g/mol. The lowest BCUT2D eigenvalue weighted by atomic mass is 10.1. The molecule has 1 nitrogen and oxygen atoms in total.